The molecule has 0 fully saturated rings. The summed E-state index contributed by atoms with van der Waals surface area (Å²) in [6.07, 6.45) is 1.52. The van der Waals surface area contributed by atoms with Gasteiger partial charge in [0.1, 0.15) is 0 Å². The molecule has 0 aliphatic heterocycles. The van der Waals surface area contributed by atoms with Crippen LogP contribution in [0.25, 0.3) is 0 Å². The second-order valence-electron chi connectivity index (χ2n) is 4.49. The second kappa shape index (κ2) is 6.53. The van der Waals surface area contributed by atoms with Crippen molar-refractivity contribution in [1.82, 2.24) is 15.0 Å². The van der Waals surface area contributed by atoms with Crippen LogP contribution in [0.3, 0.4) is 0 Å². The molecule has 2 rings (SSSR count). The molecule has 0 saturated carbocycles. The van der Waals surface area contributed by atoms with Gasteiger partial charge in [-0.05, 0) is 36.5 Å². The highest BCUT2D eigenvalue weighted by Crippen LogP contribution is 2.17. The monoisotopic (exact) mass is 313 g/mol. The standard InChI is InChI=1S/C13H19N3O2S2/c1-3-14-7-11-6-12(8-15-11)20(17,18)16-9-13-10(2)4-5-19-13/h4-6,8,14-16H,3,7,9H2,1-2H3. The van der Waals surface area contributed by atoms with Gasteiger partial charge in [0.25, 0.3) is 0 Å². The largest absolute Gasteiger partial charge is 0.363 e. The van der Waals surface area contributed by atoms with Crippen LogP contribution in [0.4, 0.5) is 0 Å². The summed E-state index contributed by atoms with van der Waals surface area (Å²) in [5, 5.41) is 5.11. The number of aromatic nitrogens is 1. The summed E-state index contributed by atoms with van der Waals surface area (Å²) < 4.78 is 27.0. The molecule has 0 aliphatic carbocycles. The minimum atomic E-state index is -3.46. The van der Waals surface area contributed by atoms with E-state index in [0.29, 0.717) is 13.1 Å². The third kappa shape index (κ3) is 3.69. The molecule has 2 heterocycles. The lowest BCUT2D eigenvalue weighted by Crippen LogP contribution is -2.22. The third-order valence-electron chi connectivity index (χ3n) is 2.98. The van der Waals surface area contributed by atoms with Crippen molar-refractivity contribution >= 4 is 21.4 Å². The Morgan fingerprint density at radius 1 is 1.35 bits per heavy atom. The predicted octanol–water partition coefficient (Wildman–Crippen LogP) is 1.97. The van der Waals surface area contributed by atoms with Crippen LogP contribution in [-0.2, 0) is 23.1 Å². The maximum Gasteiger partial charge on any atom is 0.242 e. The molecule has 0 spiro atoms. The topological polar surface area (TPSA) is 74.0 Å². The van der Waals surface area contributed by atoms with Crippen molar-refractivity contribution in [3.8, 4) is 0 Å². The van der Waals surface area contributed by atoms with E-state index in [-0.39, 0.29) is 4.90 Å². The number of hydrogen-bond donors (Lipinski definition) is 3. The fraction of sp³-hybridized carbons (Fsp3) is 0.385. The molecular weight excluding hydrogens is 294 g/mol. The Hall–Kier alpha value is -1.15. The Balaban J connectivity index is 2.03. The zero-order chi connectivity index (χ0) is 14.6. The summed E-state index contributed by atoms with van der Waals surface area (Å²) in [4.78, 5) is 4.29. The van der Waals surface area contributed by atoms with E-state index >= 15 is 0 Å². The van der Waals surface area contributed by atoms with Crippen molar-refractivity contribution < 1.29 is 8.42 Å². The Morgan fingerprint density at radius 3 is 2.80 bits per heavy atom. The fourth-order valence-corrected chi connectivity index (χ4v) is 3.71. The lowest BCUT2D eigenvalue weighted by Gasteiger charge is -2.04. The predicted molar refractivity (Wildman–Crippen MR) is 81.3 cm³/mol. The van der Waals surface area contributed by atoms with Gasteiger partial charge in [0.05, 0.1) is 4.90 Å². The first-order valence-corrected chi connectivity index (χ1v) is 8.80. The number of sulfonamides is 1. The highest BCUT2D eigenvalue weighted by Gasteiger charge is 2.16. The first kappa shape index (κ1) is 15.2. The van der Waals surface area contributed by atoms with Crippen LogP contribution in [0, 0.1) is 6.92 Å². The van der Waals surface area contributed by atoms with Crippen molar-refractivity contribution in [1.29, 1.82) is 0 Å². The normalized spacial score (nSPS) is 11.9. The molecule has 7 heteroatoms. The fourth-order valence-electron chi connectivity index (χ4n) is 1.76. The van der Waals surface area contributed by atoms with Crippen molar-refractivity contribution in [2.24, 2.45) is 0 Å². The molecule has 2 aromatic heterocycles. The van der Waals surface area contributed by atoms with Crippen LogP contribution in [-0.4, -0.2) is 19.9 Å². The van der Waals surface area contributed by atoms with Crippen LogP contribution in [0.5, 0.6) is 0 Å². The van der Waals surface area contributed by atoms with Crippen LogP contribution < -0.4 is 10.0 Å². The maximum atomic E-state index is 12.2. The molecule has 0 aliphatic rings. The van der Waals surface area contributed by atoms with E-state index in [1.165, 1.54) is 6.20 Å². The molecule has 0 bridgehead atoms. The molecule has 3 N–H and O–H groups in total. The van der Waals surface area contributed by atoms with Gasteiger partial charge >= 0.3 is 0 Å². The van der Waals surface area contributed by atoms with Crippen LogP contribution >= 0.6 is 11.3 Å². The van der Waals surface area contributed by atoms with Gasteiger partial charge in [0.15, 0.2) is 0 Å². The van der Waals surface area contributed by atoms with E-state index in [1.807, 2.05) is 25.3 Å². The SMILES string of the molecule is CCNCc1cc(S(=O)(=O)NCc2sccc2C)c[nH]1. The molecule has 5 nitrogen and oxygen atoms in total. The summed E-state index contributed by atoms with van der Waals surface area (Å²) >= 11 is 1.56. The summed E-state index contributed by atoms with van der Waals surface area (Å²) in [6.45, 7) is 5.79. The zero-order valence-corrected chi connectivity index (χ0v) is 13.2. The van der Waals surface area contributed by atoms with E-state index in [4.69, 9.17) is 0 Å². The Labute approximate surface area is 123 Å². The van der Waals surface area contributed by atoms with Gasteiger partial charge in [0, 0.05) is 29.9 Å². The number of rotatable bonds is 7. The number of hydrogen-bond acceptors (Lipinski definition) is 4. The average molecular weight is 313 g/mol. The smallest absolute Gasteiger partial charge is 0.242 e. The van der Waals surface area contributed by atoms with Crippen LogP contribution in [0.15, 0.2) is 28.6 Å². The quantitative estimate of drug-likeness (QED) is 0.731. The van der Waals surface area contributed by atoms with Crippen LogP contribution in [0.1, 0.15) is 23.1 Å². The first-order chi connectivity index (χ1) is 9.53. The Morgan fingerprint density at radius 2 is 2.15 bits per heavy atom. The molecule has 0 amide bonds. The Bertz CT molecular complexity index is 659. The molecule has 110 valence electrons. The van der Waals surface area contributed by atoms with Crippen molar-refractivity contribution in [2.75, 3.05) is 6.54 Å². The van der Waals surface area contributed by atoms with Crippen molar-refractivity contribution in [3.05, 3.63) is 39.8 Å². The van der Waals surface area contributed by atoms with Gasteiger partial charge < -0.3 is 10.3 Å². The van der Waals surface area contributed by atoms with Gasteiger partial charge in [-0.25, -0.2) is 13.1 Å². The second-order valence-corrected chi connectivity index (χ2v) is 7.26. The highest BCUT2D eigenvalue weighted by molar-refractivity contribution is 7.89. The highest BCUT2D eigenvalue weighted by atomic mass is 32.2. The van der Waals surface area contributed by atoms with Gasteiger partial charge in [-0.15, -0.1) is 11.3 Å². The zero-order valence-electron chi connectivity index (χ0n) is 11.6. The minimum absolute atomic E-state index is 0.277. The molecule has 0 radical (unpaired) electrons. The van der Waals surface area contributed by atoms with Gasteiger partial charge in [-0.3, -0.25) is 0 Å². The Kier molecular flexibility index (Phi) is 4.98. The lowest BCUT2D eigenvalue weighted by molar-refractivity contribution is 0.582. The molecule has 0 atom stereocenters. The van der Waals surface area contributed by atoms with E-state index in [9.17, 15) is 8.42 Å². The minimum Gasteiger partial charge on any atom is -0.363 e. The number of thiophene rings is 1. The number of H-pyrrole nitrogens is 1. The summed E-state index contributed by atoms with van der Waals surface area (Å²) in [6, 6.07) is 3.64. The molecule has 2 aromatic rings. The lowest BCUT2D eigenvalue weighted by atomic mass is 10.3. The first-order valence-electron chi connectivity index (χ1n) is 6.43. The summed E-state index contributed by atoms with van der Waals surface area (Å²) in [5.41, 5.74) is 1.97. The van der Waals surface area contributed by atoms with Gasteiger partial charge in [0.2, 0.25) is 10.0 Å². The molecule has 20 heavy (non-hydrogen) atoms. The van der Waals surface area contributed by atoms with E-state index in [1.54, 1.807) is 17.4 Å². The number of nitrogens with one attached hydrogen (secondary N) is 3. The van der Waals surface area contributed by atoms with E-state index in [2.05, 4.69) is 15.0 Å². The van der Waals surface area contributed by atoms with Crippen molar-refractivity contribution in [3.63, 3.8) is 0 Å². The summed E-state index contributed by atoms with van der Waals surface area (Å²) in [5.74, 6) is 0. The maximum absolute atomic E-state index is 12.2. The van der Waals surface area contributed by atoms with E-state index in [0.717, 1.165) is 22.7 Å². The molecular formula is C13H19N3O2S2. The number of aromatic amines is 1. The molecule has 0 unspecified atom stereocenters. The van der Waals surface area contributed by atoms with Crippen LogP contribution in [0.2, 0.25) is 0 Å². The number of aryl methyl sites for hydroxylation is 1. The van der Waals surface area contributed by atoms with Crippen molar-refractivity contribution in [2.45, 2.75) is 31.8 Å². The van der Waals surface area contributed by atoms with Gasteiger partial charge in [-0.2, -0.15) is 0 Å². The molecule has 0 aromatic carbocycles. The summed E-state index contributed by atoms with van der Waals surface area (Å²) in [7, 11) is -3.46. The average Bonchev–Trinajstić information content (AvgIpc) is 3.03. The molecule has 0 saturated heterocycles. The third-order valence-corrected chi connectivity index (χ3v) is 5.39. The van der Waals surface area contributed by atoms with E-state index < -0.39 is 10.0 Å². The van der Waals surface area contributed by atoms with Gasteiger partial charge in [-0.1, -0.05) is 6.92 Å².